The number of carbonyl (C=O) groups excluding carboxylic acids is 1. The van der Waals surface area contributed by atoms with Gasteiger partial charge in [0.25, 0.3) is 0 Å². The molecule has 1 unspecified atom stereocenters. The standard InChI is InChI=1S/C39H63NO9/c1-22(2)23-11-16-39(34(45)46)18-17-37(6)24(32(23)39)9-10-29-36(5)14-13-30(35(3,4)28(36)12-15-38(29,37)7)49-31(44)20-40(47-8)33-26(43)19-25(42)27(21-41)48-33/h23-30,32-33,41-43H,1,9-21H2,2-8H3,(H,45,46)/t23-,24+,25-,26+,27+,28-,29+,30-,32+,33?,36-,37+,38+,39-/m0/s1. The van der Waals surface area contributed by atoms with Crippen molar-refractivity contribution in [1.29, 1.82) is 0 Å². The summed E-state index contributed by atoms with van der Waals surface area (Å²) in [6.45, 7) is 17.9. The van der Waals surface area contributed by atoms with Gasteiger partial charge in [-0.1, -0.05) is 46.8 Å². The number of esters is 1. The van der Waals surface area contributed by atoms with E-state index in [9.17, 15) is 30.0 Å². The summed E-state index contributed by atoms with van der Waals surface area (Å²) < 4.78 is 12.0. The van der Waals surface area contributed by atoms with Crippen LogP contribution in [-0.4, -0.2) is 88.3 Å². The molecule has 6 rings (SSSR count). The van der Waals surface area contributed by atoms with Gasteiger partial charge in [0.1, 0.15) is 18.8 Å². The van der Waals surface area contributed by atoms with Crippen molar-refractivity contribution in [2.45, 2.75) is 143 Å². The fourth-order valence-electron chi connectivity index (χ4n) is 13.6. The maximum atomic E-state index is 13.5. The van der Waals surface area contributed by atoms with Crippen LogP contribution in [0, 0.1) is 56.7 Å². The average molecular weight is 690 g/mol. The molecule has 0 spiro atoms. The Bertz CT molecular complexity index is 1300. The highest BCUT2D eigenvalue weighted by atomic mass is 16.7. The number of carbonyl (C=O) groups is 2. The number of carboxylic acids is 1. The number of aliphatic carboxylic acids is 1. The molecule has 0 aromatic heterocycles. The number of hydrogen-bond donors (Lipinski definition) is 4. The third kappa shape index (κ3) is 5.47. The first kappa shape index (κ1) is 37.2. The zero-order chi connectivity index (χ0) is 35.9. The lowest BCUT2D eigenvalue weighted by Crippen LogP contribution is -2.67. The molecule has 4 N–H and O–H groups in total. The predicted octanol–water partition coefficient (Wildman–Crippen LogP) is 5.33. The lowest BCUT2D eigenvalue weighted by Gasteiger charge is -2.72. The van der Waals surface area contributed by atoms with Gasteiger partial charge in [-0.15, -0.1) is 5.06 Å². The van der Waals surface area contributed by atoms with Crippen LogP contribution in [0.3, 0.4) is 0 Å². The zero-order valence-electron chi connectivity index (χ0n) is 31.0. The van der Waals surface area contributed by atoms with Crippen molar-refractivity contribution >= 4 is 11.9 Å². The summed E-state index contributed by atoms with van der Waals surface area (Å²) in [6, 6.07) is 0. The van der Waals surface area contributed by atoms with Crippen LogP contribution in [0.4, 0.5) is 0 Å². The Morgan fingerprint density at radius 2 is 1.61 bits per heavy atom. The van der Waals surface area contributed by atoms with Crippen molar-refractivity contribution in [3.8, 4) is 0 Å². The Hall–Kier alpha value is -1.56. The molecule has 278 valence electrons. The van der Waals surface area contributed by atoms with Gasteiger partial charge in [0.15, 0.2) is 6.23 Å². The molecule has 1 heterocycles. The van der Waals surface area contributed by atoms with E-state index in [-0.39, 0.29) is 52.6 Å². The highest BCUT2D eigenvalue weighted by Gasteiger charge is 2.72. The average Bonchev–Trinajstić information content (AvgIpc) is 3.44. The van der Waals surface area contributed by atoms with E-state index in [4.69, 9.17) is 14.3 Å². The largest absolute Gasteiger partial charge is 0.481 e. The van der Waals surface area contributed by atoms with Crippen LogP contribution < -0.4 is 0 Å². The number of allylic oxidation sites excluding steroid dienone is 1. The smallest absolute Gasteiger partial charge is 0.323 e. The second-order valence-corrected chi connectivity index (χ2v) is 18.4. The van der Waals surface area contributed by atoms with Gasteiger partial charge in [0.2, 0.25) is 0 Å². The normalized spacial score (nSPS) is 48.9. The summed E-state index contributed by atoms with van der Waals surface area (Å²) in [5, 5.41) is 42.2. The molecule has 49 heavy (non-hydrogen) atoms. The molecule has 14 atom stereocenters. The van der Waals surface area contributed by atoms with Crippen molar-refractivity contribution < 1.29 is 44.3 Å². The maximum absolute atomic E-state index is 13.5. The maximum Gasteiger partial charge on any atom is 0.323 e. The number of rotatable bonds is 8. The second kappa shape index (κ2) is 12.8. The molecule has 0 aromatic carbocycles. The van der Waals surface area contributed by atoms with Gasteiger partial charge in [-0.25, -0.2) is 0 Å². The van der Waals surface area contributed by atoms with E-state index in [2.05, 4.69) is 48.1 Å². The van der Waals surface area contributed by atoms with Crippen molar-refractivity contribution in [2.24, 2.45) is 56.7 Å². The van der Waals surface area contributed by atoms with Crippen molar-refractivity contribution in [3.05, 3.63) is 12.2 Å². The van der Waals surface area contributed by atoms with Gasteiger partial charge in [-0.05, 0) is 117 Å². The van der Waals surface area contributed by atoms with Crippen LogP contribution in [0.1, 0.15) is 112 Å². The van der Waals surface area contributed by atoms with Gasteiger partial charge >= 0.3 is 11.9 Å². The fourth-order valence-corrected chi connectivity index (χ4v) is 13.6. The van der Waals surface area contributed by atoms with E-state index in [0.717, 1.165) is 69.8 Å². The van der Waals surface area contributed by atoms with Crippen molar-refractivity contribution in [3.63, 3.8) is 0 Å². The predicted molar refractivity (Wildman–Crippen MR) is 183 cm³/mol. The summed E-state index contributed by atoms with van der Waals surface area (Å²) in [5.74, 6) is 0.609. The third-order valence-electron chi connectivity index (χ3n) is 16.2. The van der Waals surface area contributed by atoms with Crippen LogP contribution in [0.25, 0.3) is 0 Å². The minimum absolute atomic E-state index is 0.00381. The van der Waals surface area contributed by atoms with Crippen LogP contribution in [0.15, 0.2) is 12.2 Å². The van der Waals surface area contributed by atoms with Gasteiger partial charge in [-0.2, -0.15) is 0 Å². The lowest BCUT2D eigenvalue weighted by molar-refractivity contribution is -0.307. The molecule has 10 heteroatoms. The summed E-state index contributed by atoms with van der Waals surface area (Å²) in [7, 11) is 1.39. The molecular formula is C39H63NO9. The molecule has 0 aromatic rings. The summed E-state index contributed by atoms with van der Waals surface area (Å²) in [5.41, 5.74) is 0.473. The number of aliphatic hydroxyl groups excluding tert-OH is 3. The number of nitrogens with zero attached hydrogens (tertiary/aromatic N) is 1. The number of hydrogen-bond acceptors (Lipinski definition) is 9. The second-order valence-electron chi connectivity index (χ2n) is 18.4. The molecule has 5 saturated carbocycles. The monoisotopic (exact) mass is 689 g/mol. The van der Waals surface area contributed by atoms with Crippen molar-refractivity contribution in [2.75, 3.05) is 20.3 Å². The number of hydroxylamine groups is 2. The van der Waals surface area contributed by atoms with E-state index in [1.807, 2.05) is 0 Å². The van der Waals surface area contributed by atoms with Gasteiger partial charge in [0, 0.05) is 11.8 Å². The van der Waals surface area contributed by atoms with E-state index in [1.54, 1.807) is 0 Å². The molecule has 0 radical (unpaired) electrons. The van der Waals surface area contributed by atoms with E-state index in [0.29, 0.717) is 17.8 Å². The molecule has 1 aliphatic heterocycles. The number of fused-ring (bicyclic) bond motifs is 7. The molecule has 6 aliphatic rings. The Kier molecular flexibility index (Phi) is 9.74. The third-order valence-corrected chi connectivity index (χ3v) is 16.2. The summed E-state index contributed by atoms with van der Waals surface area (Å²) >= 11 is 0. The Labute approximate surface area is 292 Å². The van der Waals surface area contributed by atoms with E-state index >= 15 is 0 Å². The first-order chi connectivity index (χ1) is 22.9. The highest BCUT2D eigenvalue weighted by Crippen LogP contribution is 2.77. The molecule has 10 nitrogen and oxygen atoms in total. The number of aliphatic hydroxyl groups is 3. The number of carboxylic acid groups (broad SMARTS) is 1. The topological polar surface area (TPSA) is 146 Å². The van der Waals surface area contributed by atoms with Crippen molar-refractivity contribution in [1.82, 2.24) is 5.06 Å². The quantitative estimate of drug-likeness (QED) is 0.150. The summed E-state index contributed by atoms with van der Waals surface area (Å²) in [6.07, 6.45) is 5.17. The number of ether oxygens (including phenoxy) is 2. The lowest BCUT2D eigenvalue weighted by atomic mass is 9.32. The molecule has 6 fully saturated rings. The Morgan fingerprint density at radius 3 is 2.24 bits per heavy atom. The molecular weight excluding hydrogens is 626 g/mol. The van der Waals surface area contributed by atoms with E-state index in [1.165, 1.54) is 12.2 Å². The van der Waals surface area contributed by atoms with Gasteiger partial charge in [0.05, 0.1) is 31.3 Å². The van der Waals surface area contributed by atoms with Crippen LogP contribution in [-0.2, 0) is 23.9 Å². The fraction of sp³-hybridized carbons (Fsp3) is 0.897. The molecule has 5 aliphatic carbocycles. The first-order valence-corrected chi connectivity index (χ1v) is 18.9. The van der Waals surface area contributed by atoms with Gasteiger partial charge < -0.3 is 29.9 Å². The minimum Gasteiger partial charge on any atom is -0.481 e. The van der Waals surface area contributed by atoms with E-state index < -0.39 is 48.5 Å². The highest BCUT2D eigenvalue weighted by molar-refractivity contribution is 5.76. The van der Waals surface area contributed by atoms with Crippen LogP contribution >= 0.6 is 0 Å². The van der Waals surface area contributed by atoms with Crippen LogP contribution in [0.2, 0.25) is 0 Å². The zero-order valence-corrected chi connectivity index (χ0v) is 31.0. The molecule has 1 saturated heterocycles. The molecule has 0 amide bonds. The van der Waals surface area contributed by atoms with Gasteiger partial charge in [-0.3, -0.25) is 14.4 Å². The Morgan fingerprint density at radius 1 is 0.898 bits per heavy atom. The SMILES string of the molecule is C=C(C)[C@@H]1CC[C@]2(C(=O)O)CC[C@]3(C)[C@H](CC[C@@H]4[C@@]5(C)CC[C@H](OC(=O)CN(OC)C6O[C@H](CO)[C@@H](O)C[C@H]6O)C(C)(C)[C@@H]5CC[C@]43C)[C@@H]12. The summed E-state index contributed by atoms with van der Waals surface area (Å²) in [4.78, 5) is 31.9. The molecule has 0 bridgehead atoms. The van der Waals surface area contributed by atoms with Crippen LogP contribution in [0.5, 0.6) is 0 Å². The Balaban J connectivity index is 1.19. The first-order valence-electron chi connectivity index (χ1n) is 18.9. The minimum atomic E-state index is -1.10.